The van der Waals surface area contributed by atoms with Crippen LogP contribution in [0.3, 0.4) is 0 Å². The molecule has 3 fully saturated rings. The Hall–Kier alpha value is -2.08. The SMILES string of the molecule is Cc1nccc(CN2CC3CN(c4cc(C5CCC5)ncn4)CC3C2)n1. The Labute approximate surface area is 154 Å². The molecule has 26 heavy (non-hydrogen) atoms. The minimum absolute atomic E-state index is 0.672. The maximum absolute atomic E-state index is 4.57. The molecular formula is C20H26N6. The van der Waals surface area contributed by atoms with Crippen molar-refractivity contribution < 1.29 is 0 Å². The zero-order valence-electron chi connectivity index (χ0n) is 15.4. The molecule has 2 aromatic rings. The van der Waals surface area contributed by atoms with Crippen LogP contribution >= 0.6 is 0 Å². The molecule has 0 radical (unpaired) electrons. The summed E-state index contributed by atoms with van der Waals surface area (Å²) in [4.78, 5) is 22.9. The van der Waals surface area contributed by atoms with Gasteiger partial charge in [-0.3, -0.25) is 4.90 Å². The number of nitrogens with zero attached hydrogens (tertiary/aromatic N) is 6. The molecule has 2 atom stereocenters. The molecule has 2 unspecified atom stereocenters. The van der Waals surface area contributed by atoms with Crippen molar-refractivity contribution in [2.45, 2.75) is 38.6 Å². The Morgan fingerprint density at radius 3 is 2.54 bits per heavy atom. The van der Waals surface area contributed by atoms with Crippen LogP contribution in [0.5, 0.6) is 0 Å². The van der Waals surface area contributed by atoms with E-state index in [1.54, 1.807) is 6.33 Å². The fourth-order valence-corrected chi connectivity index (χ4v) is 4.69. The molecule has 1 aliphatic carbocycles. The maximum Gasteiger partial charge on any atom is 0.132 e. The standard InChI is InChI=1S/C20H26N6/c1-14-21-6-5-18(24-14)12-25-8-16-10-26(11-17(16)9-25)20-7-19(22-13-23-20)15-3-2-4-15/h5-7,13,15-17H,2-4,8-12H2,1H3. The summed E-state index contributed by atoms with van der Waals surface area (Å²) in [6, 6.07) is 4.28. The molecule has 2 aromatic heterocycles. The van der Waals surface area contributed by atoms with Crippen molar-refractivity contribution in [3.8, 4) is 0 Å². The summed E-state index contributed by atoms with van der Waals surface area (Å²) in [5.41, 5.74) is 2.38. The molecule has 0 amide bonds. The zero-order chi connectivity index (χ0) is 17.5. The van der Waals surface area contributed by atoms with Crippen LogP contribution in [0.15, 0.2) is 24.7 Å². The van der Waals surface area contributed by atoms with Gasteiger partial charge in [-0.2, -0.15) is 0 Å². The average Bonchev–Trinajstić information content (AvgIpc) is 3.12. The van der Waals surface area contributed by atoms with E-state index >= 15 is 0 Å². The Kier molecular flexibility index (Phi) is 4.08. The van der Waals surface area contributed by atoms with Gasteiger partial charge in [0.25, 0.3) is 0 Å². The Morgan fingerprint density at radius 2 is 1.85 bits per heavy atom. The second-order valence-electron chi connectivity index (χ2n) is 8.14. The lowest BCUT2D eigenvalue weighted by Crippen LogP contribution is -2.29. The summed E-state index contributed by atoms with van der Waals surface area (Å²) < 4.78 is 0. The smallest absolute Gasteiger partial charge is 0.132 e. The highest BCUT2D eigenvalue weighted by Crippen LogP contribution is 2.37. The summed E-state index contributed by atoms with van der Waals surface area (Å²) >= 11 is 0. The third-order valence-corrected chi connectivity index (χ3v) is 6.30. The number of fused-ring (bicyclic) bond motifs is 1. The van der Waals surface area contributed by atoms with Crippen LogP contribution in [-0.4, -0.2) is 51.0 Å². The van der Waals surface area contributed by atoms with Crippen LogP contribution in [0, 0.1) is 18.8 Å². The van der Waals surface area contributed by atoms with Gasteiger partial charge in [0, 0.05) is 56.6 Å². The molecule has 2 aliphatic heterocycles. The molecule has 0 aromatic carbocycles. The molecule has 5 rings (SSSR count). The fourth-order valence-electron chi connectivity index (χ4n) is 4.69. The van der Waals surface area contributed by atoms with Crippen LogP contribution in [0.4, 0.5) is 5.82 Å². The Balaban J connectivity index is 1.22. The lowest BCUT2D eigenvalue weighted by Gasteiger charge is -2.26. The van der Waals surface area contributed by atoms with Gasteiger partial charge in [-0.05, 0) is 37.7 Å². The predicted molar refractivity (Wildman–Crippen MR) is 99.9 cm³/mol. The van der Waals surface area contributed by atoms with Gasteiger partial charge in [-0.25, -0.2) is 19.9 Å². The van der Waals surface area contributed by atoms with Crippen molar-refractivity contribution >= 4 is 5.82 Å². The van der Waals surface area contributed by atoms with Gasteiger partial charge >= 0.3 is 0 Å². The van der Waals surface area contributed by atoms with E-state index in [1.807, 2.05) is 19.2 Å². The molecule has 0 spiro atoms. The van der Waals surface area contributed by atoms with Crippen molar-refractivity contribution in [3.05, 3.63) is 41.9 Å². The van der Waals surface area contributed by atoms with Gasteiger partial charge in [-0.15, -0.1) is 0 Å². The van der Waals surface area contributed by atoms with Crippen LogP contribution in [0.25, 0.3) is 0 Å². The van der Waals surface area contributed by atoms with Crippen molar-refractivity contribution in [3.63, 3.8) is 0 Å². The topological polar surface area (TPSA) is 58.0 Å². The third kappa shape index (κ3) is 3.07. The van der Waals surface area contributed by atoms with E-state index in [9.17, 15) is 0 Å². The van der Waals surface area contributed by atoms with Crippen molar-refractivity contribution in [1.82, 2.24) is 24.8 Å². The first kappa shape index (κ1) is 16.1. The van der Waals surface area contributed by atoms with E-state index in [-0.39, 0.29) is 0 Å². The van der Waals surface area contributed by atoms with Crippen molar-refractivity contribution in [1.29, 1.82) is 0 Å². The molecule has 6 nitrogen and oxygen atoms in total. The van der Waals surface area contributed by atoms with Gasteiger partial charge in [0.05, 0.1) is 5.69 Å². The number of aryl methyl sites for hydroxylation is 1. The number of hydrogen-bond donors (Lipinski definition) is 0. The molecule has 4 heterocycles. The van der Waals surface area contributed by atoms with Gasteiger partial charge in [0.2, 0.25) is 0 Å². The van der Waals surface area contributed by atoms with E-state index < -0.39 is 0 Å². The molecule has 3 aliphatic rings. The van der Waals surface area contributed by atoms with Gasteiger partial charge < -0.3 is 4.90 Å². The lowest BCUT2D eigenvalue weighted by atomic mass is 9.83. The number of hydrogen-bond acceptors (Lipinski definition) is 6. The Morgan fingerprint density at radius 1 is 1.04 bits per heavy atom. The molecular weight excluding hydrogens is 324 g/mol. The fraction of sp³-hybridized carbons (Fsp3) is 0.600. The van der Waals surface area contributed by atoms with Crippen LogP contribution in [-0.2, 0) is 6.54 Å². The third-order valence-electron chi connectivity index (χ3n) is 6.30. The second kappa shape index (κ2) is 6.58. The summed E-state index contributed by atoms with van der Waals surface area (Å²) in [5.74, 6) is 4.14. The number of anilines is 1. The second-order valence-corrected chi connectivity index (χ2v) is 8.14. The molecule has 6 heteroatoms. The van der Waals surface area contributed by atoms with Crippen LogP contribution in [0.1, 0.15) is 42.4 Å². The number of aromatic nitrogens is 4. The molecule has 2 saturated heterocycles. The molecule has 1 saturated carbocycles. The minimum atomic E-state index is 0.672. The normalized spacial score (nSPS) is 26.1. The first-order chi connectivity index (χ1) is 12.7. The largest absolute Gasteiger partial charge is 0.356 e. The van der Waals surface area contributed by atoms with Crippen molar-refractivity contribution in [2.24, 2.45) is 11.8 Å². The van der Waals surface area contributed by atoms with Crippen LogP contribution < -0.4 is 4.90 Å². The first-order valence-corrected chi connectivity index (χ1v) is 9.82. The average molecular weight is 350 g/mol. The maximum atomic E-state index is 4.57. The van der Waals surface area contributed by atoms with E-state index in [4.69, 9.17) is 0 Å². The summed E-state index contributed by atoms with van der Waals surface area (Å²) in [7, 11) is 0. The van der Waals surface area contributed by atoms with E-state index in [2.05, 4.69) is 35.8 Å². The first-order valence-electron chi connectivity index (χ1n) is 9.82. The zero-order valence-corrected chi connectivity index (χ0v) is 15.4. The highest BCUT2D eigenvalue weighted by atomic mass is 15.3. The molecule has 0 N–H and O–H groups in total. The van der Waals surface area contributed by atoms with Gasteiger partial charge in [-0.1, -0.05) is 6.42 Å². The number of likely N-dealkylation sites (tertiary alicyclic amines) is 1. The minimum Gasteiger partial charge on any atom is -0.356 e. The van der Waals surface area contributed by atoms with Gasteiger partial charge in [0.15, 0.2) is 0 Å². The number of rotatable bonds is 4. The van der Waals surface area contributed by atoms with E-state index in [1.165, 1.54) is 25.0 Å². The van der Waals surface area contributed by atoms with Crippen LogP contribution in [0.2, 0.25) is 0 Å². The summed E-state index contributed by atoms with van der Waals surface area (Å²) in [6.45, 7) is 7.45. The summed E-state index contributed by atoms with van der Waals surface area (Å²) in [5, 5.41) is 0. The highest BCUT2D eigenvalue weighted by Gasteiger charge is 2.40. The highest BCUT2D eigenvalue weighted by molar-refractivity contribution is 5.42. The van der Waals surface area contributed by atoms with Gasteiger partial charge in [0.1, 0.15) is 18.0 Å². The summed E-state index contributed by atoms with van der Waals surface area (Å²) in [6.07, 6.45) is 7.56. The quantitative estimate of drug-likeness (QED) is 0.844. The lowest BCUT2D eigenvalue weighted by molar-refractivity contribution is 0.304. The van der Waals surface area contributed by atoms with E-state index in [0.29, 0.717) is 5.92 Å². The Bertz CT molecular complexity index is 775. The molecule has 0 bridgehead atoms. The molecule has 136 valence electrons. The predicted octanol–water partition coefficient (Wildman–Crippen LogP) is 2.41. The monoisotopic (exact) mass is 350 g/mol. The van der Waals surface area contributed by atoms with Crippen molar-refractivity contribution in [2.75, 3.05) is 31.1 Å². The van der Waals surface area contributed by atoms with E-state index in [0.717, 1.165) is 61.9 Å².